The molecule has 0 spiro atoms. The van der Waals surface area contributed by atoms with Crippen LogP contribution >= 0.6 is 0 Å². The molecule has 0 saturated heterocycles. The Bertz CT molecular complexity index is 2020. The summed E-state index contributed by atoms with van der Waals surface area (Å²) in [6, 6.07) is 8.56. The molecule has 10 nitrogen and oxygen atoms in total. The van der Waals surface area contributed by atoms with Crippen molar-refractivity contribution < 1.29 is 12.8 Å². The van der Waals surface area contributed by atoms with Gasteiger partial charge in [0.25, 0.3) is 0 Å². The molecule has 0 radical (unpaired) electrons. The maximum atomic E-state index is 14.6. The molecule has 6 rings (SSSR count). The number of aromatic amines is 2. The van der Waals surface area contributed by atoms with E-state index in [4.69, 9.17) is 4.98 Å². The molecule has 0 fully saturated rings. The van der Waals surface area contributed by atoms with E-state index in [-0.39, 0.29) is 12.2 Å². The third-order valence-electron chi connectivity index (χ3n) is 6.69. The predicted octanol–water partition coefficient (Wildman–Crippen LogP) is 4.41. The van der Waals surface area contributed by atoms with Crippen LogP contribution in [0, 0.1) is 5.82 Å². The van der Waals surface area contributed by atoms with E-state index in [1.165, 1.54) is 18.4 Å². The van der Waals surface area contributed by atoms with Crippen molar-refractivity contribution in [2.45, 2.75) is 13.0 Å². The van der Waals surface area contributed by atoms with Crippen molar-refractivity contribution in [2.24, 2.45) is 0 Å². The summed E-state index contributed by atoms with van der Waals surface area (Å²) in [4.78, 5) is 23.6. The monoisotopic (exact) mass is 570 g/mol. The van der Waals surface area contributed by atoms with Gasteiger partial charge in [-0.1, -0.05) is 6.07 Å². The van der Waals surface area contributed by atoms with Crippen LogP contribution in [0.5, 0.6) is 0 Å². The van der Waals surface area contributed by atoms with Gasteiger partial charge in [-0.3, -0.25) is 20.1 Å². The summed E-state index contributed by atoms with van der Waals surface area (Å²) in [5, 5.41) is 8.37. The molecule has 208 valence electrons. The number of aryl methyl sites for hydroxylation is 1. The first-order valence-corrected chi connectivity index (χ1v) is 14.9. The molecule has 0 aliphatic rings. The molecule has 0 amide bonds. The minimum Gasteiger partial charge on any atom is -0.335 e. The number of halogens is 1. The first-order chi connectivity index (χ1) is 19.6. The third kappa shape index (κ3) is 5.70. The number of aromatic nitrogens is 7. The van der Waals surface area contributed by atoms with E-state index in [0.717, 1.165) is 34.3 Å². The maximum absolute atomic E-state index is 14.6. The lowest BCUT2D eigenvalue weighted by molar-refractivity contribution is 0.402. The Morgan fingerprint density at radius 3 is 2.51 bits per heavy atom. The van der Waals surface area contributed by atoms with Crippen molar-refractivity contribution in [1.29, 1.82) is 0 Å². The van der Waals surface area contributed by atoms with E-state index in [2.05, 4.69) is 41.1 Å². The Kier molecular flexibility index (Phi) is 6.80. The Balaban J connectivity index is 1.40. The highest BCUT2D eigenvalue weighted by atomic mass is 32.2. The van der Waals surface area contributed by atoms with Gasteiger partial charge < -0.3 is 9.88 Å². The normalized spacial score (nSPS) is 12.1. The zero-order valence-corrected chi connectivity index (χ0v) is 23.5. The molecular weight excluding hydrogens is 543 g/mol. The van der Waals surface area contributed by atoms with Gasteiger partial charge in [-0.05, 0) is 61.5 Å². The second-order valence-corrected chi connectivity index (χ2v) is 12.7. The van der Waals surface area contributed by atoms with Gasteiger partial charge >= 0.3 is 0 Å². The fourth-order valence-electron chi connectivity index (χ4n) is 4.84. The number of nitrogens with zero attached hydrogens (tertiary/aromatic N) is 6. The fourth-order valence-corrected chi connectivity index (χ4v) is 5.45. The summed E-state index contributed by atoms with van der Waals surface area (Å²) in [7, 11) is 0.831. The van der Waals surface area contributed by atoms with Crippen molar-refractivity contribution in [3.05, 3.63) is 78.3 Å². The van der Waals surface area contributed by atoms with Gasteiger partial charge in [0.1, 0.15) is 21.3 Å². The lowest BCUT2D eigenvalue weighted by atomic mass is 10.0. The first-order valence-electron chi connectivity index (χ1n) is 12.9. The fraction of sp³-hybridized carbons (Fsp3) is 0.207. The first kappa shape index (κ1) is 26.7. The van der Waals surface area contributed by atoms with Crippen molar-refractivity contribution in [3.63, 3.8) is 0 Å². The van der Waals surface area contributed by atoms with Crippen molar-refractivity contribution in [2.75, 3.05) is 26.1 Å². The Labute approximate surface area is 235 Å². The van der Waals surface area contributed by atoms with Gasteiger partial charge in [-0.25, -0.2) is 17.8 Å². The molecule has 5 heterocycles. The highest BCUT2D eigenvalue weighted by Crippen LogP contribution is 2.33. The number of hydrogen-bond acceptors (Lipinski definition) is 8. The summed E-state index contributed by atoms with van der Waals surface area (Å²) < 4.78 is 37.9. The number of sulfone groups is 1. The van der Waals surface area contributed by atoms with E-state index < -0.39 is 15.7 Å². The van der Waals surface area contributed by atoms with Crippen LogP contribution in [0.15, 0.2) is 61.3 Å². The third-order valence-corrected chi connectivity index (χ3v) is 7.63. The number of hydrogen-bond donors (Lipinski definition) is 2. The molecule has 0 unspecified atom stereocenters. The molecule has 2 N–H and O–H groups in total. The van der Waals surface area contributed by atoms with Crippen LogP contribution in [0.4, 0.5) is 4.39 Å². The Morgan fingerprint density at radius 1 is 0.902 bits per heavy atom. The smallest absolute Gasteiger partial charge is 0.159 e. The van der Waals surface area contributed by atoms with Gasteiger partial charge in [-0.15, -0.1) is 0 Å². The molecule has 5 aromatic heterocycles. The van der Waals surface area contributed by atoms with Crippen LogP contribution in [0.2, 0.25) is 0 Å². The molecule has 0 atom stereocenters. The van der Waals surface area contributed by atoms with Gasteiger partial charge in [-0.2, -0.15) is 5.10 Å². The minimum atomic E-state index is -3.19. The average molecular weight is 571 g/mol. The molecule has 41 heavy (non-hydrogen) atoms. The average Bonchev–Trinajstić information content (AvgIpc) is 3.54. The molecule has 0 saturated carbocycles. The molecule has 6 aromatic rings. The van der Waals surface area contributed by atoms with E-state index in [9.17, 15) is 12.8 Å². The number of benzene rings is 1. The van der Waals surface area contributed by atoms with Crippen LogP contribution in [0.1, 0.15) is 11.1 Å². The van der Waals surface area contributed by atoms with Crippen molar-refractivity contribution in [1.82, 2.24) is 40.0 Å². The zero-order chi connectivity index (χ0) is 28.7. The van der Waals surface area contributed by atoms with E-state index >= 15 is 0 Å². The minimum absolute atomic E-state index is 0.0655. The Morgan fingerprint density at radius 2 is 1.71 bits per heavy atom. The highest BCUT2D eigenvalue weighted by Gasteiger charge is 2.18. The van der Waals surface area contributed by atoms with Crippen LogP contribution < -0.4 is 0 Å². The van der Waals surface area contributed by atoms with E-state index in [1.54, 1.807) is 30.9 Å². The molecular formula is C29H27FN8O2S. The summed E-state index contributed by atoms with van der Waals surface area (Å²) in [6.45, 7) is 0.764. The standard InChI is InChI=1S/C29H27FN8O2S/c1-38(2)16-18-7-20(12-31-11-18)24-10-22-25(15-33-24)36-37-28(22)29-34-26-14-32-13-23(27(26)35-29)19-6-17(8-21(30)9-19)4-5-41(3,39)40/h6-15H,4-5,16H2,1-3H3,(H,34,35)(H,36,37). The number of rotatable bonds is 8. The summed E-state index contributed by atoms with van der Waals surface area (Å²) >= 11 is 0. The number of imidazole rings is 1. The number of nitrogens with one attached hydrogen (secondary N) is 2. The van der Waals surface area contributed by atoms with Crippen LogP contribution in [-0.2, 0) is 22.8 Å². The molecule has 12 heteroatoms. The lowest BCUT2D eigenvalue weighted by Crippen LogP contribution is -2.10. The van der Waals surface area contributed by atoms with Gasteiger partial charge in [0.2, 0.25) is 0 Å². The van der Waals surface area contributed by atoms with E-state index in [0.29, 0.717) is 39.2 Å². The number of fused-ring (bicyclic) bond motifs is 2. The van der Waals surface area contributed by atoms with Crippen molar-refractivity contribution in [3.8, 4) is 33.9 Å². The maximum Gasteiger partial charge on any atom is 0.159 e. The van der Waals surface area contributed by atoms with Gasteiger partial charge in [0.15, 0.2) is 5.82 Å². The van der Waals surface area contributed by atoms with Crippen LogP contribution in [0.3, 0.4) is 0 Å². The Hall–Kier alpha value is -4.55. The largest absolute Gasteiger partial charge is 0.335 e. The second kappa shape index (κ2) is 10.5. The number of pyridine rings is 3. The predicted molar refractivity (Wildman–Crippen MR) is 156 cm³/mol. The quantitative estimate of drug-likeness (QED) is 0.275. The van der Waals surface area contributed by atoms with Gasteiger partial charge in [0.05, 0.1) is 40.4 Å². The van der Waals surface area contributed by atoms with Gasteiger partial charge in [0, 0.05) is 47.9 Å². The summed E-state index contributed by atoms with van der Waals surface area (Å²) in [6.07, 6.45) is 10.0. The number of H-pyrrole nitrogens is 2. The van der Waals surface area contributed by atoms with Crippen LogP contribution in [-0.4, -0.2) is 74.5 Å². The van der Waals surface area contributed by atoms with Crippen molar-refractivity contribution >= 4 is 31.8 Å². The molecule has 0 aliphatic heterocycles. The van der Waals surface area contributed by atoms with E-state index in [1.807, 2.05) is 26.4 Å². The van der Waals surface area contributed by atoms with Crippen LogP contribution in [0.25, 0.3) is 55.8 Å². The summed E-state index contributed by atoms with van der Waals surface area (Å²) in [5.74, 6) is -0.00339. The lowest BCUT2D eigenvalue weighted by Gasteiger charge is -2.10. The second-order valence-electron chi connectivity index (χ2n) is 10.4. The molecule has 1 aromatic carbocycles. The zero-order valence-electron chi connectivity index (χ0n) is 22.7. The SMILES string of the molecule is CN(C)Cc1cncc(-c2cc3c(-c4nc5c(-c6cc(F)cc(CCS(C)(=O)=O)c6)cncc5[nH]4)n[nH]c3cn2)c1. The molecule has 0 bridgehead atoms. The highest BCUT2D eigenvalue weighted by molar-refractivity contribution is 7.90. The summed E-state index contributed by atoms with van der Waals surface area (Å²) in [5.41, 5.74) is 7.12. The topological polar surface area (TPSA) is 133 Å². The molecule has 0 aliphatic carbocycles.